The first-order valence-corrected chi connectivity index (χ1v) is 7.56. The molecule has 0 aliphatic carbocycles. The molecule has 1 amide bonds. The molecule has 25 heavy (non-hydrogen) atoms. The predicted octanol–water partition coefficient (Wildman–Crippen LogP) is 1.99. The van der Waals surface area contributed by atoms with E-state index in [0.29, 0.717) is 11.3 Å². The van der Waals surface area contributed by atoms with Crippen molar-refractivity contribution in [2.45, 2.75) is 26.4 Å². The average Bonchev–Trinajstić information content (AvgIpc) is 2.80. The third-order valence-electron chi connectivity index (χ3n) is 3.51. The average molecular weight is 349 g/mol. The standard InChI is InChI=1S/C17H19NO7/c1-5-23-16(21)18-15-13(24-10(2)19)14(20)17(3,25-15)11-7-6-8-12(9-11)22-4/h6-9H,5H2,1-4H3,(H,18,21). The summed E-state index contributed by atoms with van der Waals surface area (Å²) in [7, 11) is 1.50. The fraction of sp³-hybridized carbons (Fsp3) is 0.353. The van der Waals surface area contributed by atoms with Gasteiger partial charge in [0.25, 0.3) is 5.78 Å². The number of hydrogen-bond donors (Lipinski definition) is 1. The minimum atomic E-state index is -1.49. The Kier molecular flexibility index (Phi) is 5.31. The number of carbonyl (C=O) groups excluding carboxylic acids is 3. The second-order valence-electron chi connectivity index (χ2n) is 5.29. The van der Waals surface area contributed by atoms with Crippen LogP contribution in [0.5, 0.6) is 5.75 Å². The normalized spacial score (nSPS) is 19.3. The van der Waals surface area contributed by atoms with Gasteiger partial charge in [0.2, 0.25) is 11.6 Å². The summed E-state index contributed by atoms with van der Waals surface area (Å²) >= 11 is 0. The van der Waals surface area contributed by atoms with Gasteiger partial charge in [-0.1, -0.05) is 12.1 Å². The van der Waals surface area contributed by atoms with Gasteiger partial charge in [-0.25, -0.2) is 4.79 Å². The van der Waals surface area contributed by atoms with Crippen molar-refractivity contribution < 1.29 is 33.3 Å². The lowest BCUT2D eigenvalue weighted by atomic mass is 9.91. The Hall–Kier alpha value is -3.03. The highest BCUT2D eigenvalue weighted by atomic mass is 16.6. The van der Waals surface area contributed by atoms with Crippen molar-refractivity contribution in [1.82, 2.24) is 5.32 Å². The number of methoxy groups -OCH3 is 1. The van der Waals surface area contributed by atoms with Crippen LogP contribution in [0.2, 0.25) is 0 Å². The minimum absolute atomic E-state index is 0.128. The summed E-state index contributed by atoms with van der Waals surface area (Å²) in [5.41, 5.74) is -1.02. The molecule has 1 aromatic carbocycles. The zero-order valence-electron chi connectivity index (χ0n) is 14.4. The molecule has 1 unspecified atom stereocenters. The number of nitrogens with one attached hydrogen (secondary N) is 1. The molecule has 0 saturated heterocycles. The van der Waals surface area contributed by atoms with Gasteiger partial charge in [-0.15, -0.1) is 0 Å². The van der Waals surface area contributed by atoms with Crippen molar-refractivity contribution >= 4 is 17.8 Å². The monoisotopic (exact) mass is 349 g/mol. The molecule has 8 heteroatoms. The van der Waals surface area contributed by atoms with Crippen molar-refractivity contribution in [3.05, 3.63) is 41.5 Å². The van der Waals surface area contributed by atoms with Crippen LogP contribution in [0.15, 0.2) is 35.9 Å². The molecule has 1 aliphatic rings. The number of carbonyl (C=O) groups is 3. The Labute approximate surface area is 144 Å². The van der Waals surface area contributed by atoms with Gasteiger partial charge in [0.05, 0.1) is 13.7 Å². The zero-order chi connectivity index (χ0) is 18.6. The lowest BCUT2D eigenvalue weighted by Crippen LogP contribution is -2.32. The van der Waals surface area contributed by atoms with Gasteiger partial charge in [0, 0.05) is 12.5 Å². The number of ketones is 1. The quantitative estimate of drug-likeness (QED) is 0.811. The van der Waals surface area contributed by atoms with Gasteiger partial charge in [0.1, 0.15) is 5.75 Å². The summed E-state index contributed by atoms with van der Waals surface area (Å²) in [5, 5.41) is 2.29. The molecule has 1 aliphatic heterocycles. The van der Waals surface area contributed by atoms with E-state index in [1.54, 1.807) is 31.2 Å². The number of Topliss-reactive ketones (excluding diaryl/α,β-unsaturated/α-hetero) is 1. The van der Waals surface area contributed by atoms with E-state index in [1.165, 1.54) is 14.0 Å². The summed E-state index contributed by atoms with van der Waals surface area (Å²) in [6, 6.07) is 6.69. The first-order chi connectivity index (χ1) is 11.8. The molecule has 8 nitrogen and oxygen atoms in total. The maximum atomic E-state index is 12.8. The lowest BCUT2D eigenvalue weighted by Gasteiger charge is -2.24. The topological polar surface area (TPSA) is 100 Å². The van der Waals surface area contributed by atoms with Crippen molar-refractivity contribution in [3.8, 4) is 5.75 Å². The zero-order valence-corrected chi connectivity index (χ0v) is 14.4. The third kappa shape index (κ3) is 3.73. The molecule has 1 heterocycles. The molecular formula is C17H19NO7. The Morgan fingerprint density at radius 3 is 2.64 bits per heavy atom. The van der Waals surface area contributed by atoms with Crippen molar-refractivity contribution in [1.29, 1.82) is 0 Å². The van der Waals surface area contributed by atoms with Crippen LogP contribution in [0.3, 0.4) is 0 Å². The highest BCUT2D eigenvalue weighted by molar-refractivity contribution is 6.04. The summed E-state index contributed by atoms with van der Waals surface area (Å²) in [4.78, 5) is 35.8. The molecule has 0 saturated carbocycles. The molecule has 0 fully saturated rings. The molecule has 2 rings (SSSR count). The van der Waals surface area contributed by atoms with E-state index < -0.39 is 23.4 Å². The van der Waals surface area contributed by atoms with Crippen LogP contribution in [-0.2, 0) is 29.4 Å². The Morgan fingerprint density at radius 1 is 1.32 bits per heavy atom. The number of alkyl carbamates (subject to hydrolysis) is 1. The van der Waals surface area contributed by atoms with Crippen LogP contribution in [0.1, 0.15) is 26.3 Å². The first kappa shape index (κ1) is 18.3. The molecule has 1 aromatic rings. The Bertz CT molecular complexity index is 740. The fourth-order valence-electron chi connectivity index (χ4n) is 2.30. The molecule has 0 bridgehead atoms. The maximum Gasteiger partial charge on any atom is 0.414 e. The van der Waals surface area contributed by atoms with E-state index in [-0.39, 0.29) is 18.2 Å². The van der Waals surface area contributed by atoms with Gasteiger partial charge >= 0.3 is 12.1 Å². The van der Waals surface area contributed by atoms with E-state index in [1.807, 2.05) is 0 Å². The number of ether oxygens (including phenoxy) is 4. The minimum Gasteiger partial charge on any atom is -0.497 e. The first-order valence-electron chi connectivity index (χ1n) is 7.56. The van der Waals surface area contributed by atoms with E-state index in [9.17, 15) is 14.4 Å². The maximum absolute atomic E-state index is 12.8. The molecule has 0 radical (unpaired) electrons. The van der Waals surface area contributed by atoms with Gasteiger partial charge in [-0.2, -0.15) is 0 Å². The van der Waals surface area contributed by atoms with Gasteiger partial charge in [-0.3, -0.25) is 14.9 Å². The highest BCUT2D eigenvalue weighted by Crippen LogP contribution is 2.39. The van der Waals surface area contributed by atoms with Crippen LogP contribution in [0, 0.1) is 0 Å². The van der Waals surface area contributed by atoms with Crippen molar-refractivity contribution in [3.63, 3.8) is 0 Å². The number of rotatable bonds is 5. The molecule has 0 spiro atoms. The Morgan fingerprint density at radius 2 is 2.04 bits per heavy atom. The SMILES string of the molecule is CCOC(=O)NC1=C(OC(C)=O)C(=O)C(C)(c2cccc(OC)c2)O1. The van der Waals surface area contributed by atoms with Crippen LogP contribution >= 0.6 is 0 Å². The van der Waals surface area contributed by atoms with Crippen LogP contribution in [0.4, 0.5) is 4.79 Å². The summed E-state index contributed by atoms with van der Waals surface area (Å²) in [6.07, 6.45) is -0.829. The van der Waals surface area contributed by atoms with Gasteiger partial charge in [0.15, 0.2) is 5.60 Å². The Balaban J connectivity index is 2.39. The largest absolute Gasteiger partial charge is 0.497 e. The summed E-state index contributed by atoms with van der Waals surface area (Å²) in [6.45, 7) is 4.40. The van der Waals surface area contributed by atoms with Crippen LogP contribution in [0.25, 0.3) is 0 Å². The van der Waals surface area contributed by atoms with Gasteiger partial charge in [-0.05, 0) is 26.0 Å². The number of esters is 1. The number of benzene rings is 1. The number of amides is 1. The van der Waals surface area contributed by atoms with E-state index in [4.69, 9.17) is 18.9 Å². The molecule has 134 valence electrons. The van der Waals surface area contributed by atoms with E-state index in [0.717, 1.165) is 6.92 Å². The van der Waals surface area contributed by atoms with Crippen molar-refractivity contribution in [2.24, 2.45) is 0 Å². The summed E-state index contributed by atoms with van der Waals surface area (Å²) < 4.78 is 20.5. The smallest absolute Gasteiger partial charge is 0.414 e. The predicted molar refractivity (Wildman–Crippen MR) is 85.4 cm³/mol. The molecule has 1 N–H and O–H groups in total. The van der Waals surface area contributed by atoms with E-state index >= 15 is 0 Å². The highest BCUT2D eigenvalue weighted by Gasteiger charge is 2.50. The molecular weight excluding hydrogens is 330 g/mol. The fourth-order valence-corrected chi connectivity index (χ4v) is 2.30. The summed E-state index contributed by atoms with van der Waals surface area (Å²) in [5.74, 6) is -1.46. The van der Waals surface area contributed by atoms with Gasteiger partial charge < -0.3 is 18.9 Å². The van der Waals surface area contributed by atoms with E-state index in [2.05, 4.69) is 5.32 Å². The van der Waals surface area contributed by atoms with Crippen molar-refractivity contribution in [2.75, 3.05) is 13.7 Å². The lowest BCUT2D eigenvalue weighted by molar-refractivity contribution is -0.142. The molecule has 1 atom stereocenters. The molecule has 0 aromatic heterocycles. The van der Waals surface area contributed by atoms with Crippen LogP contribution < -0.4 is 10.1 Å². The third-order valence-corrected chi connectivity index (χ3v) is 3.51. The second kappa shape index (κ2) is 7.25. The van der Waals surface area contributed by atoms with Crippen LogP contribution in [-0.4, -0.2) is 31.6 Å². The second-order valence-corrected chi connectivity index (χ2v) is 5.29. The number of hydrogen-bond acceptors (Lipinski definition) is 7.